The van der Waals surface area contributed by atoms with E-state index in [1.807, 2.05) is 18.2 Å². The van der Waals surface area contributed by atoms with Gasteiger partial charge in [0.1, 0.15) is 5.75 Å². The van der Waals surface area contributed by atoms with Crippen molar-refractivity contribution in [2.24, 2.45) is 5.73 Å². The molecule has 2 aromatic rings. The summed E-state index contributed by atoms with van der Waals surface area (Å²) >= 11 is 6.96. The lowest BCUT2D eigenvalue weighted by Crippen LogP contribution is -2.21. The molecular weight excluding hydrogens is 396 g/mol. The Kier molecular flexibility index (Phi) is 4.62. The monoisotopic (exact) mass is 410 g/mol. The summed E-state index contributed by atoms with van der Waals surface area (Å²) in [4.78, 5) is 4.45. The molecule has 0 spiro atoms. The van der Waals surface area contributed by atoms with E-state index < -0.39 is 0 Å². The molecular formula is C16H16Br2N2O. The number of aromatic nitrogens is 1. The molecule has 2 N–H and O–H groups in total. The number of para-hydroxylation sites is 1. The molecule has 1 aromatic carbocycles. The van der Waals surface area contributed by atoms with Crippen molar-refractivity contribution in [3.05, 3.63) is 56.7 Å². The summed E-state index contributed by atoms with van der Waals surface area (Å²) < 4.78 is 7.60. The number of rotatable bonds is 3. The van der Waals surface area contributed by atoms with Crippen LogP contribution in [-0.4, -0.2) is 11.6 Å². The zero-order valence-electron chi connectivity index (χ0n) is 11.4. The van der Waals surface area contributed by atoms with Crippen LogP contribution in [0.25, 0.3) is 0 Å². The Morgan fingerprint density at radius 3 is 2.95 bits per heavy atom. The number of halogens is 2. The number of fused-ring (bicyclic) bond motifs is 1. The molecule has 1 aliphatic rings. The summed E-state index contributed by atoms with van der Waals surface area (Å²) in [6.45, 7) is 0.753. The average molecular weight is 412 g/mol. The van der Waals surface area contributed by atoms with E-state index in [4.69, 9.17) is 10.5 Å². The van der Waals surface area contributed by atoms with E-state index >= 15 is 0 Å². The maximum absolute atomic E-state index is 6.39. The van der Waals surface area contributed by atoms with Crippen LogP contribution in [-0.2, 0) is 0 Å². The molecule has 1 aliphatic heterocycles. The Hall–Kier alpha value is -0.910. The second-order valence-electron chi connectivity index (χ2n) is 5.23. The first-order chi connectivity index (χ1) is 10.1. The fourth-order valence-electron chi connectivity index (χ4n) is 2.78. The molecule has 2 unspecified atom stereocenters. The Bertz CT molecular complexity index is 648. The molecule has 0 aliphatic carbocycles. The molecule has 0 saturated carbocycles. The van der Waals surface area contributed by atoms with Gasteiger partial charge >= 0.3 is 0 Å². The minimum absolute atomic E-state index is 0.0939. The molecule has 2 atom stereocenters. The summed E-state index contributed by atoms with van der Waals surface area (Å²) in [6, 6.07) is 10.1. The lowest BCUT2D eigenvalue weighted by molar-refractivity contribution is 0.259. The predicted octanol–water partition coefficient (Wildman–Crippen LogP) is 4.56. The van der Waals surface area contributed by atoms with Crippen molar-refractivity contribution in [1.29, 1.82) is 0 Å². The van der Waals surface area contributed by atoms with Crippen molar-refractivity contribution in [3.8, 4) is 5.75 Å². The number of nitrogens with zero attached hydrogens (tertiary/aromatic N) is 1. The van der Waals surface area contributed by atoms with Crippen LogP contribution < -0.4 is 10.5 Å². The minimum atomic E-state index is -0.0939. The van der Waals surface area contributed by atoms with Gasteiger partial charge in [-0.25, -0.2) is 0 Å². The molecule has 21 heavy (non-hydrogen) atoms. The van der Waals surface area contributed by atoms with E-state index in [2.05, 4.69) is 49.0 Å². The first-order valence-electron chi connectivity index (χ1n) is 6.93. The van der Waals surface area contributed by atoms with Gasteiger partial charge in [0.25, 0.3) is 0 Å². The van der Waals surface area contributed by atoms with Gasteiger partial charge in [0.2, 0.25) is 0 Å². The van der Waals surface area contributed by atoms with E-state index in [-0.39, 0.29) is 6.04 Å². The van der Waals surface area contributed by atoms with Crippen molar-refractivity contribution in [2.45, 2.75) is 24.8 Å². The van der Waals surface area contributed by atoms with Gasteiger partial charge in [0.05, 0.1) is 12.3 Å². The molecule has 110 valence electrons. The van der Waals surface area contributed by atoms with Gasteiger partial charge in [-0.3, -0.25) is 4.98 Å². The highest BCUT2D eigenvalue weighted by Crippen LogP contribution is 2.39. The Labute approximate surface area is 141 Å². The van der Waals surface area contributed by atoms with Gasteiger partial charge in [0.15, 0.2) is 0 Å². The van der Waals surface area contributed by atoms with E-state index in [0.29, 0.717) is 5.92 Å². The van der Waals surface area contributed by atoms with Crippen LogP contribution in [0.5, 0.6) is 5.75 Å². The normalized spacial score (nSPS) is 18.7. The summed E-state index contributed by atoms with van der Waals surface area (Å²) in [5, 5.41) is 0. The highest BCUT2D eigenvalue weighted by atomic mass is 79.9. The molecule has 0 amide bonds. The quantitative estimate of drug-likeness (QED) is 0.804. The Morgan fingerprint density at radius 1 is 1.33 bits per heavy atom. The highest BCUT2D eigenvalue weighted by molar-refractivity contribution is 9.11. The average Bonchev–Trinajstić information content (AvgIpc) is 2.47. The second kappa shape index (κ2) is 6.46. The fourth-order valence-corrected chi connectivity index (χ4v) is 4.06. The van der Waals surface area contributed by atoms with Gasteiger partial charge in [-0.05, 0) is 68.3 Å². The zero-order valence-corrected chi connectivity index (χ0v) is 14.6. The molecule has 0 fully saturated rings. The molecule has 3 nitrogen and oxygen atoms in total. The topological polar surface area (TPSA) is 48.1 Å². The number of pyridine rings is 1. The van der Waals surface area contributed by atoms with Crippen LogP contribution >= 0.6 is 31.9 Å². The fraction of sp³-hybridized carbons (Fsp3) is 0.312. The Balaban J connectivity index is 1.81. The largest absolute Gasteiger partial charge is 0.493 e. The lowest BCUT2D eigenvalue weighted by Gasteiger charge is -2.28. The molecule has 1 aromatic heterocycles. The SMILES string of the molecule is NC(CC1CCOc2ccccc21)c1ncc(Br)cc1Br. The number of benzene rings is 1. The maximum Gasteiger partial charge on any atom is 0.122 e. The second-order valence-corrected chi connectivity index (χ2v) is 7.00. The van der Waals surface area contributed by atoms with Crippen molar-refractivity contribution in [3.63, 3.8) is 0 Å². The van der Waals surface area contributed by atoms with Crippen LogP contribution in [0.15, 0.2) is 45.5 Å². The van der Waals surface area contributed by atoms with Gasteiger partial charge in [0, 0.05) is 21.2 Å². The summed E-state index contributed by atoms with van der Waals surface area (Å²) in [7, 11) is 0. The third kappa shape index (κ3) is 3.30. The van der Waals surface area contributed by atoms with Gasteiger partial charge in [-0.2, -0.15) is 0 Å². The molecule has 5 heteroatoms. The third-order valence-corrected chi connectivity index (χ3v) is 4.88. The van der Waals surface area contributed by atoms with Crippen molar-refractivity contribution < 1.29 is 4.74 Å². The molecule has 0 saturated heterocycles. The van der Waals surface area contributed by atoms with Gasteiger partial charge in [-0.1, -0.05) is 18.2 Å². The van der Waals surface area contributed by atoms with Crippen LogP contribution in [0.2, 0.25) is 0 Å². The molecule has 3 rings (SSSR count). The summed E-state index contributed by atoms with van der Waals surface area (Å²) in [5.41, 5.74) is 8.55. The first kappa shape index (κ1) is 15.0. The van der Waals surface area contributed by atoms with Crippen LogP contribution in [0.1, 0.15) is 36.1 Å². The number of nitrogens with two attached hydrogens (primary N) is 1. The standard InChI is InChI=1S/C16H16Br2N2O/c17-11-8-13(18)16(20-9-11)14(19)7-10-5-6-21-15-4-2-1-3-12(10)15/h1-4,8-10,14H,5-7,19H2. The van der Waals surface area contributed by atoms with E-state index in [1.165, 1.54) is 5.56 Å². The predicted molar refractivity (Wildman–Crippen MR) is 90.5 cm³/mol. The summed E-state index contributed by atoms with van der Waals surface area (Å²) in [6.07, 6.45) is 3.66. The van der Waals surface area contributed by atoms with E-state index in [1.54, 1.807) is 6.20 Å². The number of hydrogen-bond acceptors (Lipinski definition) is 3. The zero-order chi connectivity index (χ0) is 14.8. The van der Waals surface area contributed by atoms with Crippen LogP contribution in [0, 0.1) is 0 Å². The van der Waals surface area contributed by atoms with Crippen LogP contribution in [0.4, 0.5) is 0 Å². The van der Waals surface area contributed by atoms with Crippen molar-refractivity contribution in [1.82, 2.24) is 4.98 Å². The summed E-state index contributed by atoms with van der Waals surface area (Å²) in [5.74, 6) is 1.41. The van der Waals surface area contributed by atoms with Crippen molar-refractivity contribution >= 4 is 31.9 Å². The highest BCUT2D eigenvalue weighted by Gasteiger charge is 2.24. The van der Waals surface area contributed by atoms with Gasteiger partial charge in [-0.15, -0.1) is 0 Å². The third-order valence-electron chi connectivity index (χ3n) is 3.81. The van der Waals surface area contributed by atoms with E-state index in [9.17, 15) is 0 Å². The first-order valence-corrected chi connectivity index (χ1v) is 8.52. The molecule has 2 heterocycles. The minimum Gasteiger partial charge on any atom is -0.493 e. The number of ether oxygens (including phenoxy) is 1. The number of hydrogen-bond donors (Lipinski definition) is 1. The Morgan fingerprint density at radius 2 is 2.14 bits per heavy atom. The van der Waals surface area contributed by atoms with Crippen molar-refractivity contribution in [2.75, 3.05) is 6.61 Å². The molecule has 0 bridgehead atoms. The smallest absolute Gasteiger partial charge is 0.122 e. The molecule has 0 radical (unpaired) electrons. The lowest BCUT2D eigenvalue weighted by atomic mass is 9.87. The van der Waals surface area contributed by atoms with Gasteiger partial charge < -0.3 is 10.5 Å². The van der Waals surface area contributed by atoms with E-state index in [0.717, 1.165) is 39.8 Å². The van der Waals surface area contributed by atoms with Crippen LogP contribution in [0.3, 0.4) is 0 Å². The maximum atomic E-state index is 6.39.